The molecule has 0 N–H and O–H groups in total. The number of nitrogens with zero attached hydrogens (tertiary/aromatic N) is 3. The van der Waals surface area contributed by atoms with Crippen molar-refractivity contribution in [3.05, 3.63) is 75.2 Å². The zero-order chi connectivity index (χ0) is 21.3. The van der Waals surface area contributed by atoms with Crippen LogP contribution in [0.1, 0.15) is 11.3 Å². The Kier molecular flexibility index (Phi) is 6.19. The molecule has 1 saturated heterocycles. The second kappa shape index (κ2) is 8.70. The van der Waals surface area contributed by atoms with Gasteiger partial charge in [-0.05, 0) is 45.8 Å². The summed E-state index contributed by atoms with van der Waals surface area (Å²) in [6.45, 7) is 1.75. The summed E-state index contributed by atoms with van der Waals surface area (Å²) in [4.78, 5) is 6.87. The van der Waals surface area contributed by atoms with Gasteiger partial charge in [-0.25, -0.2) is 22.2 Å². The minimum absolute atomic E-state index is 0.261. The first-order valence-corrected chi connectivity index (χ1v) is 12.3. The summed E-state index contributed by atoms with van der Waals surface area (Å²) in [7, 11) is -3.57. The molecule has 0 bridgehead atoms. The number of benzene rings is 2. The van der Waals surface area contributed by atoms with Crippen LogP contribution in [0.25, 0.3) is 0 Å². The van der Waals surface area contributed by atoms with Crippen LogP contribution in [0.2, 0.25) is 0 Å². The van der Waals surface area contributed by atoms with E-state index in [1.807, 2.05) is 10.3 Å². The maximum absolute atomic E-state index is 13.4. The Balaban J connectivity index is 1.42. The summed E-state index contributed by atoms with van der Waals surface area (Å²) in [6.07, 6.45) is 0.335. The lowest BCUT2D eigenvalue weighted by Crippen LogP contribution is -2.48. The van der Waals surface area contributed by atoms with Crippen LogP contribution in [0, 0.1) is 11.6 Å². The smallest absolute Gasteiger partial charge is 0.244 e. The summed E-state index contributed by atoms with van der Waals surface area (Å²) < 4.78 is 54.6. The van der Waals surface area contributed by atoms with Gasteiger partial charge in [0, 0.05) is 48.5 Å². The van der Waals surface area contributed by atoms with E-state index in [-0.39, 0.29) is 4.90 Å². The molecule has 0 radical (unpaired) electrons. The van der Waals surface area contributed by atoms with Gasteiger partial charge >= 0.3 is 0 Å². The van der Waals surface area contributed by atoms with E-state index in [0.717, 1.165) is 16.9 Å². The van der Waals surface area contributed by atoms with Crippen LogP contribution in [-0.2, 0) is 16.4 Å². The largest absolute Gasteiger partial charge is 0.345 e. The normalized spacial score (nSPS) is 15.5. The number of aromatic nitrogens is 1. The maximum Gasteiger partial charge on any atom is 0.244 e. The molecule has 1 fully saturated rings. The Bertz CT molecular complexity index is 1140. The van der Waals surface area contributed by atoms with E-state index < -0.39 is 21.7 Å². The van der Waals surface area contributed by atoms with Crippen LogP contribution in [-0.4, -0.2) is 43.9 Å². The van der Waals surface area contributed by atoms with E-state index >= 15 is 0 Å². The fraction of sp³-hybridized carbons (Fsp3) is 0.250. The fourth-order valence-electron chi connectivity index (χ4n) is 3.36. The number of piperazine rings is 1. The quantitative estimate of drug-likeness (QED) is 0.510. The van der Waals surface area contributed by atoms with Gasteiger partial charge in [0.1, 0.15) is 11.6 Å². The second-order valence-electron chi connectivity index (χ2n) is 6.90. The third kappa shape index (κ3) is 4.56. The van der Waals surface area contributed by atoms with Crippen LogP contribution in [0.4, 0.5) is 13.9 Å². The van der Waals surface area contributed by atoms with Crippen molar-refractivity contribution in [2.45, 2.75) is 11.3 Å². The van der Waals surface area contributed by atoms with Crippen molar-refractivity contribution in [2.24, 2.45) is 0 Å². The summed E-state index contributed by atoms with van der Waals surface area (Å²) in [5.41, 5.74) is 1.25. The number of hydrogen-bond acceptors (Lipinski definition) is 5. The van der Waals surface area contributed by atoms with Crippen molar-refractivity contribution in [1.82, 2.24) is 9.29 Å². The van der Waals surface area contributed by atoms with Crippen molar-refractivity contribution in [3.63, 3.8) is 0 Å². The Morgan fingerprint density at radius 3 is 2.37 bits per heavy atom. The number of sulfonamides is 1. The van der Waals surface area contributed by atoms with Crippen molar-refractivity contribution in [2.75, 3.05) is 31.1 Å². The number of halogens is 3. The van der Waals surface area contributed by atoms with Gasteiger partial charge in [0.15, 0.2) is 5.13 Å². The summed E-state index contributed by atoms with van der Waals surface area (Å²) in [6, 6.07) is 10.2. The molecule has 0 unspecified atom stereocenters. The highest BCUT2D eigenvalue weighted by molar-refractivity contribution is 9.10. The van der Waals surface area contributed by atoms with Gasteiger partial charge in [0.05, 0.1) is 10.6 Å². The molecular formula is C20H18BrF2N3O2S2. The van der Waals surface area contributed by atoms with Crippen molar-refractivity contribution in [3.8, 4) is 0 Å². The standard InChI is InChI=1S/C20H18BrF2N3O2S2/c21-18-3-1-2-4-19(18)30(27,28)26-7-5-25(6-8-26)20-24-17(13-29-20)11-14-9-15(22)12-16(23)10-14/h1-4,9-10,12-13H,5-8,11H2. The van der Waals surface area contributed by atoms with Gasteiger partial charge in [-0.15, -0.1) is 11.3 Å². The minimum Gasteiger partial charge on any atom is -0.345 e. The average Bonchev–Trinajstić information content (AvgIpc) is 3.16. The zero-order valence-electron chi connectivity index (χ0n) is 15.8. The molecule has 3 aromatic rings. The molecule has 1 aromatic heterocycles. The molecule has 0 saturated carbocycles. The number of hydrogen-bond donors (Lipinski definition) is 0. The fourth-order valence-corrected chi connectivity index (χ4v) is 6.62. The van der Waals surface area contributed by atoms with Crippen LogP contribution in [0.15, 0.2) is 57.2 Å². The number of thiazole rings is 1. The van der Waals surface area contributed by atoms with E-state index in [1.54, 1.807) is 24.3 Å². The van der Waals surface area contributed by atoms with Crippen molar-refractivity contribution in [1.29, 1.82) is 0 Å². The molecule has 0 spiro atoms. The molecule has 0 aliphatic carbocycles. The molecule has 0 amide bonds. The third-order valence-electron chi connectivity index (χ3n) is 4.81. The lowest BCUT2D eigenvalue weighted by molar-refractivity contribution is 0.384. The number of anilines is 1. The Hall–Kier alpha value is -1.88. The molecule has 10 heteroatoms. The van der Waals surface area contributed by atoms with Crippen LogP contribution >= 0.6 is 27.3 Å². The Labute approximate surface area is 186 Å². The van der Waals surface area contributed by atoms with E-state index in [0.29, 0.717) is 42.6 Å². The average molecular weight is 514 g/mol. The molecule has 1 aliphatic rings. The van der Waals surface area contributed by atoms with Gasteiger partial charge in [-0.2, -0.15) is 4.31 Å². The first-order chi connectivity index (χ1) is 14.3. The first-order valence-electron chi connectivity index (χ1n) is 9.22. The van der Waals surface area contributed by atoms with Gasteiger partial charge in [-0.1, -0.05) is 12.1 Å². The van der Waals surface area contributed by atoms with Crippen molar-refractivity contribution < 1.29 is 17.2 Å². The summed E-state index contributed by atoms with van der Waals surface area (Å²) in [5.74, 6) is -1.22. The lowest BCUT2D eigenvalue weighted by atomic mass is 10.1. The molecule has 2 aromatic carbocycles. The maximum atomic E-state index is 13.4. The minimum atomic E-state index is -3.57. The Morgan fingerprint density at radius 1 is 1.03 bits per heavy atom. The van der Waals surface area contributed by atoms with E-state index in [4.69, 9.17) is 0 Å². The number of rotatable bonds is 5. The highest BCUT2D eigenvalue weighted by atomic mass is 79.9. The highest BCUT2D eigenvalue weighted by Crippen LogP contribution is 2.28. The molecule has 158 valence electrons. The van der Waals surface area contributed by atoms with E-state index in [2.05, 4.69) is 20.9 Å². The van der Waals surface area contributed by atoms with E-state index in [9.17, 15) is 17.2 Å². The lowest BCUT2D eigenvalue weighted by Gasteiger charge is -2.34. The van der Waals surface area contributed by atoms with Crippen LogP contribution in [0.3, 0.4) is 0 Å². The highest BCUT2D eigenvalue weighted by Gasteiger charge is 2.30. The van der Waals surface area contributed by atoms with Gasteiger partial charge < -0.3 is 4.90 Å². The summed E-state index contributed by atoms with van der Waals surface area (Å²) >= 11 is 4.76. The first kappa shape index (κ1) is 21.4. The zero-order valence-corrected chi connectivity index (χ0v) is 19.0. The molecule has 2 heterocycles. The summed E-state index contributed by atoms with van der Waals surface area (Å²) in [5, 5.41) is 2.64. The topological polar surface area (TPSA) is 53.5 Å². The predicted octanol–water partition coefficient (Wildman–Crippen LogP) is 4.29. The van der Waals surface area contributed by atoms with Crippen LogP contribution in [0.5, 0.6) is 0 Å². The Morgan fingerprint density at radius 2 is 1.70 bits per heavy atom. The third-order valence-corrected chi connectivity index (χ3v) is 8.67. The monoisotopic (exact) mass is 513 g/mol. The predicted molar refractivity (Wildman–Crippen MR) is 116 cm³/mol. The molecule has 5 nitrogen and oxygen atoms in total. The molecule has 4 rings (SSSR count). The van der Waals surface area contributed by atoms with Crippen LogP contribution < -0.4 is 4.90 Å². The van der Waals surface area contributed by atoms with Gasteiger partial charge in [-0.3, -0.25) is 0 Å². The molecule has 0 atom stereocenters. The molecule has 1 aliphatic heterocycles. The SMILES string of the molecule is O=S(=O)(c1ccccc1Br)N1CCN(c2nc(Cc3cc(F)cc(F)c3)cs2)CC1. The van der Waals surface area contributed by atoms with Crippen molar-refractivity contribution >= 4 is 42.4 Å². The van der Waals surface area contributed by atoms with Gasteiger partial charge in [0.2, 0.25) is 10.0 Å². The van der Waals surface area contributed by atoms with Gasteiger partial charge in [0.25, 0.3) is 0 Å². The van der Waals surface area contributed by atoms with E-state index in [1.165, 1.54) is 27.8 Å². The second-order valence-corrected chi connectivity index (χ2v) is 10.5. The molecular weight excluding hydrogens is 496 g/mol. The molecule has 30 heavy (non-hydrogen) atoms.